The van der Waals surface area contributed by atoms with E-state index in [-0.39, 0.29) is 17.6 Å². The molecule has 2 aromatic rings. The lowest BCUT2D eigenvalue weighted by Gasteiger charge is -2.33. The summed E-state index contributed by atoms with van der Waals surface area (Å²) in [6.07, 6.45) is 3.22. The van der Waals surface area contributed by atoms with E-state index in [9.17, 15) is 18.8 Å². The first-order chi connectivity index (χ1) is 18.2. The Morgan fingerprint density at radius 3 is 2.50 bits per heavy atom. The molecule has 2 N–H and O–H groups in total. The highest BCUT2D eigenvalue weighted by Gasteiger charge is 2.34. The average molecular weight is 526 g/mol. The van der Waals surface area contributed by atoms with Crippen LogP contribution < -0.4 is 9.75 Å². The molecule has 0 saturated heterocycles. The number of aliphatic carboxylic acids is 2. The molecule has 2 aliphatic rings. The van der Waals surface area contributed by atoms with Crippen molar-refractivity contribution >= 4 is 29.2 Å². The van der Waals surface area contributed by atoms with Crippen LogP contribution in [0.3, 0.4) is 0 Å². The Bertz CT molecular complexity index is 1210. The standard InChI is InChI=1S/C24H28FN3O2.C4H4O4/c1-3-27(4-2)12-13-30-21-7-5-6-20(16-21)28-23(29)14-18-9-8-17-10-11-19(25)15-22(17)24(18)26-28;5-3(6)1-2-4(7)8/h5-7,10-11,15-16,18H,3-4,8-9,12-14H2,1-2H3;1-2H,(H,5,6)(H,7,8). The van der Waals surface area contributed by atoms with Gasteiger partial charge < -0.3 is 19.8 Å². The SMILES string of the molecule is CCN(CC)CCOc1cccc(N2N=C3c4cc(F)ccc4CCC3CC2=O)c1.O=C(O)C=CC(=O)O. The zero-order chi connectivity index (χ0) is 27.7. The van der Waals surface area contributed by atoms with Gasteiger partial charge in [-0.15, -0.1) is 0 Å². The van der Waals surface area contributed by atoms with Gasteiger partial charge in [-0.2, -0.15) is 5.10 Å². The van der Waals surface area contributed by atoms with Gasteiger partial charge in [-0.3, -0.25) is 4.79 Å². The highest BCUT2D eigenvalue weighted by Crippen LogP contribution is 2.34. The van der Waals surface area contributed by atoms with E-state index in [1.807, 2.05) is 30.3 Å². The molecule has 4 rings (SSSR count). The van der Waals surface area contributed by atoms with E-state index in [2.05, 4.69) is 23.8 Å². The van der Waals surface area contributed by atoms with Crippen LogP contribution in [0.15, 0.2) is 59.7 Å². The largest absolute Gasteiger partial charge is 0.492 e. The molecule has 202 valence electrons. The molecule has 10 heteroatoms. The molecule has 0 aromatic heterocycles. The first-order valence-electron chi connectivity index (χ1n) is 12.5. The highest BCUT2D eigenvalue weighted by molar-refractivity contribution is 6.11. The van der Waals surface area contributed by atoms with Crippen molar-refractivity contribution in [3.8, 4) is 5.75 Å². The normalized spacial score (nSPS) is 16.3. The van der Waals surface area contributed by atoms with Crippen molar-refractivity contribution in [1.82, 2.24) is 4.90 Å². The number of likely N-dealkylation sites (N-methyl/N-ethyl adjacent to an activating group) is 1. The summed E-state index contributed by atoms with van der Waals surface area (Å²) in [5.74, 6) is -2.06. The zero-order valence-electron chi connectivity index (χ0n) is 21.5. The van der Waals surface area contributed by atoms with Crippen LogP contribution in [-0.2, 0) is 20.8 Å². The molecule has 0 saturated carbocycles. The van der Waals surface area contributed by atoms with Gasteiger partial charge in [0.05, 0.1) is 11.4 Å². The van der Waals surface area contributed by atoms with Gasteiger partial charge in [0.1, 0.15) is 18.2 Å². The number of ether oxygens (including phenoxy) is 1. The Hall–Kier alpha value is -4.05. The summed E-state index contributed by atoms with van der Waals surface area (Å²) < 4.78 is 19.8. The maximum absolute atomic E-state index is 13.9. The number of amides is 1. The van der Waals surface area contributed by atoms with Crippen molar-refractivity contribution < 1.29 is 33.7 Å². The van der Waals surface area contributed by atoms with Crippen LogP contribution in [0, 0.1) is 11.7 Å². The number of carboxylic acid groups (broad SMARTS) is 2. The third-order valence-electron chi connectivity index (χ3n) is 6.36. The van der Waals surface area contributed by atoms with E-state index in [0.717, 1.165) is 49.3 Å². The molecule has 1 atom stereocenters. The summed E-state index contributed by atoms with van der Waals surface area (Å²) in [7, 11) is 0. The maximum Gasteiger partial charge on any atom is 0.328 e. The highest BCUT2D eigenvalue weighted by atomic mass is 19.1. The van der Waals surface area contributed by atoms with Crippen molar-refractivity contribution in [1.29, 1.82) is 0 Å². The number of nitrogens with zero attached hydrogens (tertiary/aromatic N) is 3. The van der Waals surface area contributed by atoms with Crippen molar-refractivity contribution in [2.45, 2.75) is 33.1 Å². The molecular formula is C28H32FN3O6. The van der Waals surface area contributed by atoms with Crippen LogP contribution >= 0.6 is 0 Å². The number of aryl methyl sites for hydroxylation is 1. The second kappa shape index (κ2) is 13.5. The van der Waals surface area contributed by atoms with Gasteiger partial charge in [0.2, 0.25) is 5.91 Å². The predicted molar refractivity (Wildman–Crippen MR) is 141 cm³/mol. The van der Waals surface area contributed by atoms with E-state index in [1.165, 1.54) is 11.1 Å². The number of anilines is 1. The summed E-state index contributed by atoms with van der Waals surface area (Å²) in [5.41, 5.74) is 3.41. The number of carbonyl (C=O) groups is 3. The summed E-state index contributed by atoms with van der Waals surface area (Å²) in [6, 6.07) is 12.3. The molecule has 1 unspecified atom stereocenters. The first kappa shape index (κ1) is 28.5. The van der Waals surface area contributed by atoms with Crippen LogP contribution in [0.5, 0.6) is 5.75 Å². The lowest BCUT2D eigenvalue weighted by molar-refractivity contribution is -0.134. The molecule has 0 spiro atoms. The number of hydrogen-bond donors (Lipinski definition) is 2. The van der Waals surface area contributed by atoms with Gasteiger partial charge in [0.15, 0.2) is 0 Å². The Balaban J connectivity index is 0.000000436. The fraction of sp³-hybridized carbons (Fsp3) is 0.357. The number of halogens is 1. The summed E-state index contributed by atoms with van der Waals surface area (Å²) in [5, 5.41) is 21.8. The van der Waals surface area contributed by atoms with E-state index in [4.69, 9.17) is 14.9 Å². The molecule has 9 nitrogen and oxygen atoms in total. The van der Waals surface area contributed by atoms with Crippen LogP contribution in [-0.4, -0.2) is 64.9 Å². The lowest BCUT2D eigenvalue weighted by atomic mass is 9.79. The van der Waals surface area contributed by atoms with Gasteiger partial charge in [0.25, 0.3) is 0 Å². The Morgan fingerprint density at radius 1 is 1.13 bits per heavy atom. The van der Waals surface area contributed by atoms with Crippen molar-refractivity contribution in [2.24, 2.45) is 11.0 Å². The summed E-state index contributed by atoms with van der Waals surface area (Å²) in [6.45, 7) is 7.68. The lowest BCUT2D eigenvalue weighted by Crippen LogP contribution is -2.39. The molecule has 38 heavy (non-hydrogen) atoms. The van der Waals surface area contributed by atoms with Crippen LogP contribution in [0.2, 0.25) is 0 Å². The fourth-order valence-corrected chi connectivity index (χ4v) is 4.37. The van der Waals surface area contributed by atoms with Crippen molar-refractivity contribution in [3.05, 3.63) is 71.6 Å². The minimum Gasteiger partial charge on any atom is -0.492 e. The van der Waals surface area contributed by atoms with Gasteiger partial charge >= 0.3 is 11.9 Å². The summed E-state index contributed by atoms with van der Waals surface area (Å²) in [4.78, 5) is 34.2. The number of fused-ring (bicyclic) bond motifs is 3. The van der Waals surface area contributed by atoms with Gasteiger partial charge in [-0.25, -0.2) is 19.0 Å². The number of rotatable bonds is 9. The molecule has 1 heterocycles. The molecule has 0 bridgehead atoms. The molecule has 1 aliphatic carbocycles. The number of carboxylic acids is 2. The van der Waals surface area contributed by atoms with Crippen LogP contribution in [0.4, 0.5) is 10.1 Å². The second-order valence-corrected chi connectivity index (χ2v) is 8.81. The average Bonchev–Trinajstić information content (AvgIpc) is 2.90. The fourth-order valence-electron chi connectivity index (χ4n) is 4.37. The molecule has 1 amide bonds. The monoisotopic (exact) mass is 525 g/mol. The molecular weight excluding hydrogens is 493 g/mol. The van der Waals surface area contributed by atoms with E-state index < -0.39 is 11.9 Å². The number of hydrazone groups is 1. The van der Waals surface area contributed by atoms with E-state index in [1.54, 1.807) is 6.07 Å². The molecule has 1 aliphatic heterocycles. The maximum atomic E-state index is 13.9. The van der Waals surface area contributed by atoms with Crippen LogP contribution in [0.1, 0.15) is 37.8 Å². The number of carbonyl (C=O) groups excluding carboxylic acids is 1. The second-order valence-electron chi connectivity index (χ2n) is 8.81. The number of hydrogen-bond acceptors (Lipinski definition) is 6. The molecule has 0 radical (unpaired) electrons. The van der Waals surface area contributed by atoms with Crippen molar-refractivity contribution in [2.75, 3.05) is 31.3 Å². The first-order valence-corrected chi connectivity index (χ1v) is 12.5. The molecule has 2 aromatic carbocycles. The third-order valence-corrected chi connectivity index (χ3v) is 6.36. The molecule has 0 fully saturated rings. The zero-order valence-corrected chi connectivity index (χ0v) is 21.5. The van der Waals surface area contributed by atoms with Gasteiger partial charge in [0, 0.05) is 42.7 Å². The number of benzene rings is 2. The smallest absolute Gasteiger partial charge is 0.328 e. The Kier molecular flexibility index (Phi) is 10.1. The quantitative estimate of drug-likeness (QED) is 0.476. The minimum absolute atomic E-state index is 0.0381. The van der Waals surface area contributed by atoms with E-state index >= 15 is 0 Å². The van der Waals surface area contributed by atoms with Gasteiger partial charge in [-0.1, -0.05) is 26.0 Å². The third kappa shape index (κ3) is 7.72. The van der Waals surface area contributed by atoms with Crippen LogP contribution in [0.25, 0.3) is 0 Å². The Labute approximate surface area is 220 Å². The summed E-state index contributed by atoms with van der Waals surface area (Å²) >= 11 is 0. The van der Waals surface area contributed by atoms with Gasteiger partial charge in [-0.05, 0) is 55.8 Å². The minimum atomic E-state index is -1.26. The Morgan fingerprint density at radius 2 is 1.84 bits per heavy atom. The topological polar surface area (TPSA) is 120 Å². The predicted octanol–water partition coefficient (Wildman–Crippen LogP) is 3.96. The van der Waals surface area contributed by atoms with Crippen molar-refractivity contribution in [3.63, 3.8) is 0 Å². The van der Waals surface area contributed by atoms with E-state index in [0.29, 0.717) is 36.6 Å².